The van der Waals surface area contributed by atoms with Crippen molar-refractivity contribution in [3.63, 3.8) is 0 Å². The molecule has 1 aromatic carbocycles. The van der Waals surface area contributed by atoms with Crippen molar-refractivity contribution in [2.75, 3.05) is 18.5 Å². The molecule has 16 heavy (non-hydrogen) atoms. The van der Waals surface area contributed by atoms with Crippen LogP contribution in [0.5, 0.6) is 5.75 Å². The van der Waals surface area contributed by atoms with Crippen LogP contribution in [0, 0.1) is 0 Å². The predicted molar refractivity (Wildman–Crippen MR) is 66.9 cm³/mol. The van der Waals surface area contributed by atoms with Gasteiger partial charge >= 0.3 is 0 Å². The second kappa shape index (κ2) is 5.75. The smallest absolute Gasteiger partial charge is 0.119 e. The van der Waals surface area contributed by atoms with E-state index in [1.54, 1.807) is 0 Å². The SMILES string of the molecule is NCCOc1ccc(NC2CCCC2)cc1. The zero-order valence-electron chi connectivity index (χ0n) is 9.61. The van der Waals surface area contributed by atoms with E-state index in [1.807, 2.05) is 12.1 Å². The van der Waals surface area contributed by atoms with Gasteiger partial charge in [0.25, 0.3) is 0 Å². The highest BCUT2D eigenvalue weighted by atomic mass is 16.5. The van der Waals surface area contributed by atoms with E-state index >= 15 is 0 Å². The maximum Gasteiger partial charge on any atom is 0.119 e. The van der Waals surface area contributed by atoms with Crippen LogP contribution in [0.3, 0.4) is 0 Å². The third-order valence-electron chi connectivity index (χ3n) is 2.97. The fourth-order valence-electron chi connectivity index (χ4n) is 2.13. The first-order valence-corrected chi connectivity index (χ1v) is 6.08. The Morgan fingerprint density at radius 1 is 1.19 bits per heavy atom. The van der Waals surface area contributed by atoms with Crippen molar-refractivity contribution in [1.82, 2.24) is 0 Å². The third-order valence-corrected chi connectivity index (χ3v) is 2.97. The molecule has 0 saturated heterocycles. The van der Waals surface area contributed by atoms with Crippen LogP contribution in [-0.2, 0) is 0 Å². The molecule has 3 heteroatoms. The molecular formula is C13H20N2O. The van der Waals surface area contributed by atoms with Gasteiger partial charge in [0.2, 0.25) is 0 Å². The Hall–Kier alpha value is -1.22. The van der Waals surface area contributed by atoms with Crippen molar-refractivity contribution in [2.45, 2.75) is 31.7 Å². The monoisotopic (exact) mass is 220 g/mol. The van der Waals surface area contributed by atoms with Crippen LogP contribution in [0.4, 0.5) is 5.69 Å². The van der Waals surface area contributed by atoms with E-state index < -0.39 is 0 Å². The van der Waals surface area contributed by atoms with Crippen LogP contribution < -0.4 is 15.8 Å². The largest absolute Gasteiger partial charge is 0.492 e. The summed E-state index contributed by atoms with van der Waals surface area (Å²) >= 11 is 0. The van der Waals surface area contributed by atoms with Gasteiger partial charge in [0, 0.05) is 18.3 Å². The molecule has 0 spiro atoms. The summed E-state index contributed by atoms with van der Waals surface area (Å²) in [6.07, 6.45) is 5.31. The Morgan fingerprint density at radius 2 is 1.88 bits per heavy atom. The molecule has 1 fully saturated rings. The molecule has 0 aromatic heterocycles. The number of hydrogen-bond acceptors (Lipinski definition) is 3. The van der Waals surface area contributed by atoms with E-state index in [4.69, 9.17) is 10.5 Å². The molecule has 0 amide bonds. The Bertz CT molecular complexity index is 304. The van der Waals surface area contributed by atoms with Crippen LogP contribution in [-0.4, -0.2) is 19.2 Å². The molecule has 1 aliphatic carbocycles. The first-order chi connectivity index (χ1) is 7.88. The number of nitrogens with one attached hydrogen (secondary N) is 1. The van der Waals surface area contributed by atoms with Crippen LogP contribution >= 0.6 is 0 Å². The number of anilines is 1. The summed E-state index contributed by atoms with van der Waals surface area (Å²) in [5.41, 5.74) is 6.56. The average molecular weight is 220 g/mol. The minimum absolute atomic E-state index is 0.558. The van der Waals surface area contributed by atoms with Gasteiger partial charge < -0.3 is 15.8 Å². The number of nitrogens with two attached hydrogens (primary N) is 1. The van der Waals surface area contributed by atoms with Crippen LogP contribution in [0.15, 0.2) is 24.3 Å². The summed E-state index contributed by atoms with van der Waals surface area (Å²) in [6.45, 7) is 1.14. The Kier molecular flexibility index (Phi) is 4.05. The molecule has 1 saturated carbocycles. The van der Waals surface area contributed by atoms with Gasteiger partial charge in [0.15, 0.2) is 0 Å². The van der Waals surface area contributed by atoms with Gasteiger partial charge in [-0.3, -0.25) is 0 Å². The molecule has 0 heterocycles. The van der Waals surface area contributed by atoms with Gasteiger partial charge in [0.05, 0.1) is 0 Å². The second-order valence-electron chi connectivity index (χ2n) is 4.29. The van der Waals surface area contributed by atoms with Gasteiger partial charge in [-0.15, -0.1) is 0 Å². The van der Waals surface area contributed by atoms with Gasteiger partial charge in [0.1, 0.15) is 12.4 Å². The second-order valence-corrected chi connectivity index (χ2v) is 4.29. The number of benzene rings is 1. The number of hydrogen-bond donors (Lipinski definition) is 2. The first-order valence-electron chi connectivity index (χ1n) is 6.08. The molecule has 2 rings (SSSR count). The highest BCUT2D eigenvalue weighted by Crippen LogP contribution is 2.23. The fraction of sp³-hybridized carbons (Fsp3) is 0.538. The van der Waals surface area contributed by atoms with Crippen LogP contribution in [0.25, 0.3) is 0 Å². The molecule has 0 atom stereocenters. The quantitative estimate of drug-likeness (QED) is 0.801. The van der Waals surface area contributed by atoms with Crippen LogP contribution in [0.2, 0.25) is 0 Å². The van der Waals surface area contributed by atoms with Gasteiger partial charge in [-0.25, -0.2) is 0 Å². The third kappa shape index (κ3) is 3.14. The van der Waals surface area contributed by atoms with Crippen molar-refractivity contribution in [3.8, 4) is 5.75 Å². The first kappa shape index (κ1) is 11.3. The lowest BCUT2D eigenvalue weighted by Crippen LogP contribution is -2.14. The molecule has 3 nitrogen and oxygen atoms in total. The van der Waals surface area contributed by atoms with Crippen molar-refractivity contribution in [3.05, 3.63) is 24.3 Å². The average Bonchev–Trinajstić information content (AvgIpc) is 2.81. The summed E-state index contributed by atoms with van der Waals surface area (Å²) in [4.78, 5) is 0. The Labute approximate surface area is 97.0 Å². The lowest BCUT2D eigenvalue weighted by molar-refractivity contribution is 0.328. The maximum absolute atomic E-state index is 5.43. The van der Waals surface area contributed by atoms with E-state index in [0.717, 1.165) is 5.75 Å². The lowest BCUT2D eigenvalue weighted by atomic mass is 10.2. The van der Waals surface area contributed by atoms with Crippen molar-refractivity contribution in [2.24, 2.45) is 5.73 Å². The summed E-state index contributed by atoms with van der Waals surface area (Å²) in [5, 5.41) is 3.54. The zero-order valence-corrected chi connectivity index (χ0v) is 9.61. The van der Waals surface area contributed by atoms with Gasteiger partial charge in [-0.05, 0) is 37.1 Å². The molecule has 1 aliphatic rings. The standard InChI is InChI=1S/C13H20N2O/c14-9-10-16-13-7-5-12(6-8-13)15-11-3-1-2-4-11/h5-8,11,15H,1-4,9-10,14H2. The summed E-state index contributed by atoms with van der Waals surface area (Å²) in [7, 11) is 0. The van der Waals surface area contributed by atoms with E-state index in [2.05, 4.69) is 17.4 Å². The Balaban J connectivity index is 1.86. The molecule has 0 unspecified atom stereocenters. The molecule has 0 bridgehead atoms. The van der Waals surface area contributed by atoms with E-state index in [1.165, 1.54) is 31.4 Å². The number of rotatable bonds is 5. The molecule has 1 aromatic rings. The van der Waals surface area contributed by atoms with Crippen LogP contribution in [0.1, 0.15) is 25.7 Å². The summed E-state index contributed by atoms with van der Waals surface area (Å²) in [6, 6.07) is 8.80. The van der Waals surface area contributed by atoms with Crippen molar-refractivity contribution in [1.29, 1.82) is 0 Å². The van der Waals surface area contributed by atoms with Gasteiger partial charge in [-0.1, -0.05) is 12.8 Å². The van der Waals surface area contributed by atoms with E-state index in [-0.39, 0.29) is 0 Å². The Morgan fingerprint density at radius 3 is 2.50 bits per heavy atom. The number of ether oxygens (including phenoxy) is 1. The molecule has 0 aliphatic heterocycles. The van der Waals surface area contributed by atoms with Gasteiger partial charge in [-0.2, -0.15) is 0 Å². The minimum atomic E-state index is 0.558. The molecule has 3 N–H and O–H groups in total. The molecule has 0 radical (unpaired) electrons. The minimum Gasteiger partial charge on any atom is -0.492 e. The fourth-order valence-corrected chi connectivity index (χ4v) is 2.13. The zero-order chi connectivity index (χ0) is 11.2. The molecule has 88 valence electrons. The normalized spacial score (nSPS) is 16.3. The predicted octanol–water partition coefficient (Wildman–Crippen LogP) is 2.38. The van der Waals surface area contributed by atoms with Crippen molar-refractivity contribution >= 4 is 5.69 Å². The van der Waals surface area contributed by atoms with E-state index in [0.29, 0.717) is 19.2 Å². The maximum atomic E-state index is 5.43. The summed E-state index contributed by atoms with van der Waals surface area (Å²) in [5.74, 6) is 0.891. The summed E-state index contributed by atoms with van der Waals surface area (Å²) < 4.78 is 5.43. The van der Waals surface area contributed by atoms with Crippen molar-refractivity contribution < 1.29 is 4.74 Å². The highest BCUT2D eigenvalue weighted by Gasteiger charge is 2.13. The highest BCUT2D eigenvalue weighted by molar-refractivity contribution is 5.47. The topological polar surface area (TPSA) is 47.3 Å². The molecular weight excluding hydrogens is 200 g/mol. The van der Waals surface area contributed by atoms with E-state index in [9.17, 15) is 0 Å². The lowest BCUT2D eigenvalue weighted by Gasteiger charge is -2.13.